The topological polar surface area (TPSA) is 69.7 Å². The number of nitrogens with zero attached hydrogens (tertiary/aromatic N) is 4. The van der Waals surface area contributed by atoms with Gasteiger partial charge in [0.25, 0.3) is 0 Å². The van der Waals surface area contributed by atoms with Crippen molar-refractivity contribution in [3.05, 3.63) is 83.9 Å². The summed E-state index contributed by atoms with van der Waals surface area (Å²) in [5.41, 5.74) is 4.89. The molecule has 1 aliphatic heterocycles. The summed E-state index contributed by atoms with van der Waals surface area (Å²) in [6.45, 7) is 4.18. The maximum atomic E-state index is 5.01. The SMILES string of the molecule is c1ccc(Cc2cccc3[nH]c(CC4CCN(CCNc5ncccn5)CC4)nc23)cc1. The van der Waals surface area contributed by atoms with E-state index >= 15 is 0 Å². The van der Waals surface area contributed by atoms with Crippen LogP contribution in [0.25, 0.3) is 11.0 Å². The molecule has 2 aromatic carbocycles. The van der Waals surface area contributed by atoms with Crippen LogP contribution in [0.2, 0.25) is 0 Å². The minimum Gasteiger partial charge on any atom is -0.353 e. The average molecular weight is 427 g/mol. The third-order valence-electron chi connectivity index (χ3n) is 6.35. The first kappa shape index (κ1) is 20.6. The highest BCUT2D eigenvalue weighted by Gasteiger charge is 2.20. The van der Waals surface area contributed by atoms with E-state index in [1.165, 1.54) is 24.0 Å². The molecule has 164 valence electrons. The summed E-state index contributed by atoms with van der Waals surface area (Å²) in [6.07, 6.45) is 7.92. The standard InChI is InChI=1S/C26H30N6/c1-2-6-20(7-3-1)18-22-8-4-9-23-25(22)31-24(30-23)19-21-10-15-32(16-11-21)17-14-29-26-27-12-5-13-28-26/h1-9,12-13,21H,10-11,14-19H2,(H,30,31)(H,27,28,29). The van der Waals surface area contributed by atoms with Gasteiger partial charge < -0.3 is 15.2 Å². The number of aromatic nitrogens is 4. The summed E-state index contributed by atoms with van der Waals surface area (Å²) in [4.78, 5) is 19.6. The number of H-pyrrole nitrogens is 1. The fraction of sp³-hybridized carbons (Fsp3) is 0.346. The maximum Gasteiger partial charge on any atom is 0.222 e. The molecule has 2 aromatic heterocycles. The molecule has 0 saturated carbocycles. The van der Waals surface area contributed by atoms with Gasteiger partial charge in [0, 0.05) is 31.9 Å². The quantitative estimate of drug-likeness (QED) is 0.439. The van der Waals surface area contributed by atoms with Crippen molar-refractivity contribution in [2.75, 3.05) is 31.5 Å². The number of nitrogens with one attached hydrogen (secondary N) is 2. The van der Waals surface area contributed by atoms with Gasteiger partial charge in [-0.25, -0.2) is 15.0 Å². The molecular weight excluding hydrogens is 396 g/mol. The van der Waals surface area contributed by atoms with Crippen molar-refractivity contribution in [2.24, 2.45) is 5.92 Å². The van der Waals surface area contributed by atoms with Crippen LogP contribution in [0.15, 0.2) is 67.0 Å². The number of piperidine rings is 1. The van der Waals surface area contributed by atoms with Gasteiger partial charge in [-0.15, -0.1) is 0 Å². The Morgan fingerprint density at radius 2 is 1.75 bits per heavy atom. The fourth-order valence-corrected chi connectivity index (χ4v) is 4.60. The van der Waals surface area contributed by atoms with Gasteiger partial charge in [0.15, 0.2) is 0 Å². The average Bonchev–Trinajstić information content (AvgIpc) is 3.25. The van der Waals surface area contributed by atoms with E-state index in [-0.39, 0.29) is 0 Å². The predicted molar refractivity (Wildman–Crippen MR) is 129 cm³/mol. The van der Waals surface area contributed by atoms with Gasteiger partial charge in [0.05, 0.1) is 11.0 Å². The van der Waals surface area contributed by atoms with Crippen molar-refractivity contribution in [1.29, 1.82) is 0 Å². The number of para-hydroxylation sites is 1. The zero-order chi connectivity index (χ0) is 21.6. The van der Waals surface area contributed by atoms with Crippen LogP contribution in [-0.2, 0) is 12.8 Å². The predicted octanol–water partition coefficient (Wildman–Crippen LogP) is 4.31. The molecule has 32 heavy (non-hydrogen) atoms. The molecule has 6 nitrogen and oxygen atoms in total. The van der Waals surface area contributed by atoms with Gasteiger partial charge in [-0.1, -0.05) is 42.5 Å². The molecule has 1 fully saturated rings. The van der Waals surface area contributed by atoms with Crippen LogP contribution < -0.4 is 5.32 Å². The highest BCUT2D eigenvalue weighted by Crippen LogP contribution is 2.24. The molecule has 0 atom stereocenters. The number of hydrogen-bond donors (Lipinski definition) is 2. The number of fused-ring (bicyclic) bond motifs is 1. The first-order valence-corrected chi connectivity index (χ1v) is 11.6. The third-order valence-corrected chi connectivity index (χ3v) is 6.35. The molecule has 0 bridgehead atoms. The van der Waals surface area contributed by atoms with Gasteiger partial charge in [-0.3, -0.25) is 0 Å². The van der Waals surface area contributed by atoms with E-state index in [9.17, 15) is 0 Å². The lowest BCUT2D eigenvalue weighted by Crippen LogP contribution is -2.37. The van der Waals surface area contributed by atoms with Crippen LogP contribution in [0.5, 0.6) is 0 Å². The second-order valence-electron chi connectivity index (χ2n) is 8.65. The van der Waals surface area contributed by atoms with E-state index < -0.39 is 0 Å². The minimum absolute atomic E-state index is 0.690. The Kier molecular flexibility index (Phi) is 6.40. The maximum absolute atomic E-state index is 5.01. The first-order valence-electron chi connectivity index (χ1n) is 11.6. The van der Waals surface area contributed by atoms with Crippen LogP contribution in [-0.4, -0.2) is 51.0 Å². The number of anilines is 1. The zero-order valence-electron chi connectivity index (χ0n) is 18.4. The summed E-state index contributed by atoms with van der Waals surface area (Å²) in [5.74, 6) is 2.52. The Balaban J connectivity index is 1.14. The molecule has 6 heteroatoms. The molecular formula is C26H30N6. The monoisotopic (exact) mass is 426 g/mol. The van der Waals surface area contributed by atoms with Crippen molar-refractivity contribution in [1.82, 2.24) is 24.8 Å². The highest BCUT2D eigenvalue weighted by atomic mass is 15.2. The molecule has 5 rings (SSSR count). The molecule has 0 radical (unpaired) electrons. The summed E-state index contributed by atoms with van der Waals surface area (Å²) < 4.78 is 0. The second-order valence-corrected chi connectivity index (χ2v) is 8.65. The van der Waals surface area contributed by atoms with E-state index in [2.05, 4.69) is 73.7 Å². The number of benzene rings is 2. The minimum atomic E-state index is 0.690. The van der Waals surface area contributed by atoms with Crippen molar-refractivity contribution < 1.29 is 0 Å². The van der Waals surface area contributed by atoms with Crippen LogP contribution in [0.3, 0.4) is 0 Å². The lowest BCUT2D eigenvalue weighted by Gasteiger charge is -2.31. The molecule has 3 heterocycles. The second kappa shape index (κ2) is 9.92. The lowest BCUT2D eigenvalue weighted by molar-refractivity contribution is 0.189. The van der Waals surface area contributed by atoms with E-state index in [4.69, 9.17) is 4.98 Å². The lowest BCUT2D eigenvalue weighted by atomic mass is 9.93. The summed E-state index contributed by atoms with van der Waals surface area (Å²) >= 11 is 0. The smallest absolute Gasteiger partial charge is 0.222 e. The summed E-state index contributed by atoms with van der Waals surface area (Å²) in [5, 5.41) is 3.30. The van der Waals surface area contributed by atoms with Crippen LogP contribution in [0, 0.1) is 5.92 Å². The normalized spacial score (nSPS) is 15.2. The van der Waals surface area contributed by atoms with Crippen LogP contribution in [0.4, 0.5) is 5.95 Å². The summed E-state index contributed by atoms with van der Waals surface area (Å²) in [6, 6.07) is 18.9. The molecule has 0 aliphatic carbocycles. The molecule has 4 aromatic rings. The first-order chi connectivity index (χ1) is 15.8. The number of hydrogen-bond acceptors (Lipinski definition) is 5. The van der Waals surface area contributed by atoms with Gasteiger partial charge in [-0.2, -0.15) is 0 Å². The highest BCUT2D eigenvalue weighted by molar-refractivity contribution is 5.79. The molecule has 1 saturated heterocycles. The Bertz CT molecular complexity index is 1120. The van der Waals surface area contributed by atoms with Crippen molar-refractivity contribution in [3.63, 3.8) is 0 Å². The molecule has 0 amide bonds. The molecule has 2 N–H and O–H groups in total. The van der Waals surface area contributed by atoms with Crippen molar-refractivity contribution in [2.45, 2.75) is 25.7 Å². The van der Waals surface area contributed by atoms with Crippen LogP contribution >= 0.6 is 0 Å². The Morgan fingerprint density at radius 3 is 2.56 bits per heavy atom. The van der Waals surface area contributed by atoms with Crippen molar-refractivity contribution in [3.8, 4) is 0 Å². The number of likely N-dealkylation sites (tertiary alicyclic amines) is 1. The largest absolute Gasteiger partial charge is 0.353 e. The summed E-state index contributed by atoms with van der Waals surface area (Å²) in [7, 11) is 0. The third kappa shape index (κ3) is 5.14. The molecule has 1 aliphatic rings. The van der Waals surface area contributed by atoms with E-state index in [0.29, 0.717) is 11.9 Å². The molecule has 0 unspecified atom stereocenters. The van der Waals surface area contributed by atoms with Crippen molar-refractivity contribution >= 4 is 17.0 Å². The van der Waals surface area contributed by atoms with Gasteiger partial charge >= 0.3 is 0 Å². The number of aromatic amines is 1. The van der Waals surface area contributed by atoms with E-state index in [1.54, 1.807) is 12.4 Å². The number of rotatable bonds is 8. The van der Waals surface area contributed by atoms with E-state index in [1.807, 2.05) is 6.07 Å². The number of imidazole rings is 1. The Hall–Kier alpha value is -3.25. The fourth-order valence-electron chi connectivity index (χ4n) is 4.60. The zero-order valence-corrected chi connectivity index (χ0v) is 18.4. The Labute approximate surface area is 189 Å². The van der Waals surface area contributed by atoms with E-state index in [0.717, 1.165) is 55.9 Å². The Morgan fingerprint density at radius 1 is 0.938 bits per heavy atom. The van der Waals surface area contributed by atoms with Crippen LogP contribution in [0.1, 0.15) is 29.8 Å². The molecule has 0 spiro atoms. The van der Waals surface area contributed by atoms with Gasteiger partial charge in [0.1, 0.15) is 5.82 Å². The van der Waals surface area contributed by atoms with Gasteiger partial charge in [-0.05, 0) is 61.5 Å². The van der Waals surface area contributed by atoms with Gasteiger partial charge in [0.2, 0.25) is 5.95 Å².